The number of hydrogen-bond acceptors (Lipinski definition) is 2. The lowest BCUT2D eigenvalue weighted by Crippen LogP contribution is -2.47. The van der Waals surface area contributed by atoms with Crippen LogP contribution >= 0.6 is 0 Å². The van der Waals surface area contributed by atoms with Crippen LogP contribution in [0.1, 0.15) is 37.7 Å². The Balaban J connectivity index is 1.74. The predicted molar refractivity (Wildman–Crippen MR) is 71.1 cm³/mol. The van der Waals surface area contributed by atoms with Crippen LogP contribution in [0, 0.1) is 5.82 Å². The van der Waals surface area contributed by atoms with Gasteiger partial charge in [-0.1, -0.05) is 12.1 Å². The van der Waals surface area contributed by atoms with Crippen LogP contribution < -0.4 is 5.73 Å². The van der Waals surface area contributed by atoms with Crippen molar-refractivity contribution in [3.05, 3.63) is 35.6 Å². The molecule has 19 heavy (non-hydrogen) atoms. The van der Waals surface area contributed by atoms with Gasteiger partial charge >= 0.3 is 0 Å². The van der Waals surface area contributed by atoms with Crippen molar-refractivity contribution in [2.75, 3.05) is 6.54 Å². The quantitative estimate of drug-likeness (QED) is 0.886. The smallest absolute Gasteiger partial charge is 0.242 e. The van der Waals surface area contributed by atoms with E-state index < -0.39 is 5.54 Å². The second-order valence-electron chi connectivity index (χ2n) is 5.95. The Labute approximate surface area is 112 Å². The number of hydrogen-bond donors (Lipinski definition) is 1. The Hall–Kier alpha value is -1.42. The number of carbonyl (C=O) groups excluding carboxylic acids is 1. The molecule has 1 aromatic rings. The molecule has 102 valence electrons. The zero-order valence-corrected chi connectivity index (χ0v) is 11.1. The van der Waals surface area contributed by atoms with E-state index in [1.807, 2.05) is 17.0 Å². The summed E-state index contributed by atoms with van der Waals surface area (Å²) in [5.74, 6) is 0.160. The minimum atomic E-state index is -0.591. The van der Waals surface area contributed by atoms with Crippen molar-refractivity contribution in [3.8, 4) is 0 Å². The first-order valence-corrected chi connectivity index (χ1v) is 6.85. The summed E-state index contributed by atoms with van der Waals surface area (Å²) in [4.78, 5) is 14.2. The lowest BCUT2D eigenvalue weighted by molar-refractivity contribution is -0.134. The molecular weight excluding hydrogens is 243 g/mol. The van der Waals surface area contributed by atoms with E-state index in [1.54, 1.807) is 0 Å². The maximum absolute atomic E-state index is 12.9. The minimum Gasteiger partial charge on any atom is -0.338 e. The summed E-state index contributed by atoms with van der Waals surface area (Å²) in [6, 6.07) is 6.81. The number of halogens is 1. The van der Waals surface area contributed by atoms with Crippen LogP contribution in [-0.4, -0.2) is 28.9 Å². The van der Waals surface area contributed by atoms with E-state index in [4.69, 9.17) is 5.73 Å². The van der Waals surface area contributed by atoms with Crippen molar-refractivity contribution in [2.45, 2.75) is 43.7 Å². The maximum atomic E-state index is 12.9. The summed E-state index contributed by atoms with van der Waals surface area (Å²) in [6.07, 6.45) is 2.53. The molecule has 1 aromatic carbocycles. The van der Waals surface area contributed by atoms with Gasteiger partial charge in [-0.15, -0.1) is 0 Å². The van der Waals surface area contributed by atoms with Crippen LogP contribution in [0.4, 0.5) is 4.39 Å². The molecule has 1 saturated carbocycles. The minimum absolute atomic E-state index is 0.0876. The van der Waals surface area contributed by atoms with Crippen molar-refractivity contribution in [1.82, 2.24) is 4.90 Å². The van der Waals surface area contributed by atoms with E-state index >= 15 is 0 Å². The fourth-order valence-electron chi connectivity index (χ4n) is 2.92. The molecule has 2 aliphatic rings. The monoisotopic (exact) mass is 262 g/mol. The van der Waals surface area contributed by atoms with Gasteiger partial charge in [0, 0.05) is 18.5 Å². The summed E-state index contributed by atoms with van der Waals surface area (Å²) in [5.41, 5.74) is 6.51. The number of nitrogens with two attached hydrogens (primary N) is 1. The van der Waals surface area contributed by atoms with Gasteiger partial charge in [-0.2, -0.15) is 0 Å². The van der Waals surface area contributed by atoms with E-state index in [2.05, 4.69) is 6.92 Å². The van der Waals surface area contributed by atoms with E-state index in [9.17, 15) is 9.18 Å². The Morgan fingerprint density at radius 3 is 2.58 bits per heavy atom. The molecule has 1 heterocycles. The van der Waals surface area contributed by atoms with Crippen LogP contribution in [0.2, 0.25) is 0 Å². The highest BCUT2D eigenvalue weighted by atomic mass is 19.1. The number of likely N-dealkylation sites (tertiary alicyclic amines) is 1. The zero-order valence-electron chi connectivity index (χ0n) is 11.1. The molecule has 0 bridgehead atoms. The molecule has 0 unspecified atom stereocenters. The standard InChI is InChI=1S/C15H19FN2O/c1-10-8-12(11-2-4-13(16)5-3-11)9-18(10)14(19)15(17)6-7-15/h2-5,10,12H,6-9,17H2,1H3/t10-,12-/m0/s1. The molecule has 1 aliphatic carbocycles. The Bertz CT molecular complexity index is 495. The third-order valence-corrected chi connectivity index (χ3v) is 4.39. The number of rotatable bonds is 2. The molecule has 1 aliphatic heterocycles. The summed E-state index contributed by atoms with van der Waals surface area (Å²) in [6.45, 7) is 2.76. The molecule has 1 amide bonds. The fourth-order valence-corrected chi connectivity index (χ4v) is 2.92. The largest absolute Gasteiger partial charge is 0.338 e. The lowest BCUT2D eigenvalue weighted by Gasteiger charge is -2.24. The van der Waals surface area contributed by atoms with Gasteiger partial charge < -0.3 is 10.6 Å². The molecule has 2 N–H and O–H groups in total. The van der Waals surface area contributed by atoms with E-state index in [0.717, 1.165) is 24.8 Å². The Morgan fingerprint density at radius 2 is 2.00 bits per heavy atom. The van der Waals surface area contributed by atoms with Crippen LogP contribution in [-0.2, 0) is 4.79 Å². The van der Waals surface area contributed by atoms with Gasteiger partial charge in [0.1, 0.15) is 5.82 Å². The van der Waals surface area contributed by atoms with Crippen molar-refractivity contribution in [2.24, 2.45) is 5.73 Å². The van der Waals surface area contributed by atoms with E-state index in [1.165, 1.54) is 12.1 Å². The molecule has 0 aromatic heterocycles. The van der Waals surface area contributed by atoms with Crippen LogP contribution in [0.25, 0.3) is 0 Å². The van der Waals surface area contributed by atoms with Gasteiger partial charge in [0.25, 0.3) is 0 Å². The maximum Gasteiger partial charge on any atom is 0.242 e. The average Bonchev–Trinajstić information content (AvgIpc) is 3.02. The topological polar surface area (TPSA) is 46.3 Å². The highest BCUT2D eigenvalue weighted by molar-refractivity contribution is 5.89. The third kappa shape index (κ3) is 2.25. The van der Waals surface area contributed by atoms with Crippen molar-refractivity contribution in [3.63, 3.8) is 0 Å². The predicted octanol–water partition coefficient (Wildman–Crippen LogP) is 2.02. The Kier molecular flexibility index (Phi) is 2.86. The molecule has 4 heteroatoms. The first kappa shape index (κ1) is 12.6. The van der Waals surface area contributed by atoms with E-state index in [-0.39, 0.29) is 17.8 Å². The van der Waals surface area contributed by atoms with Crippen molar-refractivity contribution in [1.29, 1.82) is 0 Å². The number of nitrogens with zero attached hydrogens (tertiary/aromatic N) is 1. The molecule has 2 atom stereocenters. The molecule has 1 saturated heterocycles. The zero-order chi connectivity index (χ0) is 13.6. The number of carbonyl (C=O) groups is 1. The molecule has 3 nitrogen and oxygen atoms in total. The number of amides is 1. The second-order valence-corrected chi connectivity index (χ2v) is 5.95. The van der Waals surface area contributed by atoms with Gasteiger partial charge in [0.05, 0.1) is 5.54 Å². The highest BCUT2D eigenvalue weighted by Crippen LogP contribution is 2.39. The van der Waals surface area contributed by atoms with Gasteiger partial charge in [0.2, 0.25) is 5.91 Å². The van der Waals surface area contributed by atoms with Gasteiger partial charge in [-0.25, -0.2) is 4.39 Å². The van der Waals surface area contributed by atoms with Gasteiger partial charge in [-0.05, 0) is 43.9 Å². The normalized spacial score (nSPS) is 28.5. The fraction of sp³-hybridized carbons (Fsp3) is 0.533. The molecule has 0 spiro atoms. The first-order chi connectivity index (χ1) is 8.99. The summed E-state index contributed by atoms with van der Waals surface area (Å²) >= 11 is 0. The van der Waals surface area contributed by atoms with Crippen LogP contribution in [0.5, 0.6) is 0 Å². The number of benzene rings is 1. The second kappa shape index (κ2) is 4.30. The van der Waals surface area contributed by atoms with Gasteiger partial charge in [-0.3, -0.25) is 4.79 Å². The highest BCUT2D eigenvalue weighted by Gasteiger charge is 2.50. The van der Waals surface area contributed by atoms with Crippen LogP contribution in [0.3, 0.4) is 0 Å². The Morgan fingerprint density at radius 1 is 1.37 bits per heavy atom. The SMILES string of the molecule is C[C@H]1C[C@H](c2ccc(F)cc2)CN1C(=O)C1(N)CC1. The summed E-state index contributed by atoms with van der Waals surface area (Å²) < 4.78 is 12.9. The molecule has 2 fully saturated rings. The van der Waals surface area contributed by atoms with Crippen molar-refractivity contribution >= 4 is 5.91 Å². The lowest BCUT2D eigenvalue weighted by atomic mass is 9.97. The van der Waals surface area contributed by atoms with Crippen molar-refractivity contribution < 1.29 is 9.18 Å². The summed E-state index contributed by atoms with van der Waals surface area (Å²) in [7, 11) is 0. The molecule has 0 radical (unpaired) electrons. The molecule has 3 rings (SSSR count). The first-order valence-electron chi connectivity index (χ1n) is 6.85. The average molecular weight is 262 g/mol. The van der Waals surface area contributed by atoms with Crippen LogP contribution in [0.15, 0.2) is 24.3 Å². The van der Waals surface area contributed by atoms with E-state index in [0.29, 0.717) is 12.5 Å². The van der Waals surface area contributed by atoms with Gasteiger partial charge in [0.15, 0.2) is 0 Å². The third-order valence-electron chi connectivity index (χ3n) is 4.39. The molecular formula is C15H19FN2O. The summed E-state index contributed by atoms with van der Waals surface area (Å²) in [5, 5.41) is 0.